The van der Waals surface area contributed by atoms with Gasteiger partial charge in [0.05, 0.1) is 28.0 Å². The number of anilines is 1. The van der Waals surface area contributed by atoms with Crippen molar-refractivity contribution in [2.45, 2.75) is 50.9 Å². The van der Waals surface area contributed by atoms with Crippen LogP contribution in [0.15, 0.2) is 53.9 Å². The van der Waals surface area contributed by atoms with Crippen LogP contribution in [0.3, 0.4) is 0 Å². The second-order valence-corrected chi connectivity index (χ2v) is 9.82. The third-order valence-electron chi connectivity index (χ3n) is 5.76. The maximum atomic E-state index is 13.1. The monoisotopic (exact) mass is 475 g/mol. The summed E-state index contributed by atoms with van der Waals surface area (Å²) in [6.45, 7) is 10.0. The molecule has 9 heteroatoms. The lowest BCUT2D eigenvalue weighted by atomic mass is 10.0. The Morgan fingerprint density at radius 3 is 2.47 bits per heavy atom. The molecule has 1 aromatic carbocycles. The Bertz CT molecular complexity index is 1310. The highest BCUT2D eigenvalue weighted by molar-refractivity contribution is 8.00. The Morgan fingerprint density at radius 2 is 1.82 bits per heavy atom. The number of pyridine rings is 1. The van der Waals surface area contributed by atoms with Gasteiger partial charge in [-0.2, -0.15) is 5.10 Å². The molecule has 176 valence electrons. The summed E-state index contributed by atoms with van der Waals surface area (Å²) in [6, 6.07) is 12.1. The number of aryl methyl sites for hydroxylation is 2. The van der Waals surface area contributed by atoms with Crippen molar-refractivity contribution in [3.8, 4) is 17.1 Å². The van der Waals surface area contributed by atoms with E-state index >= 15 is 0 Å². The molecule has 0 saturated heterocycles. The average Bonchev–Trinajstić information content (AvgIpc) is 3.35. The van der Waals surface area contributed by atoms with Crippen molar-refractivity contribution < 1.29 is 4.79 Å². The molecule has 34 heavy (non-hydrogen) atoms. The van der Waals surface area contributed by atoms with Crippen molar-refractivity contribution in [3.05, 3.63) is 65.7 Å². The molecule has 3 heterocycles. The lowest BCUT2D eigenvalue weighted by molar-refractivity contribution is -0.115. The standard InChI is InChI=1S/C25H29N7OS/c1-15(2)20-11-7-8-12-21(20)32-23(19-10-9-13-26-14-19)28-29-25(32)34-18(5)24(33)27-22-16(3)30-31(6)17(22)4/h7-15,18H,1-6H3,(H,27,33). The van der Waals surface area contributed by atoms with Crippen molar-refractivity contribution in [1.82, 2.24) is 29.5 Å². The van der Waals surface area contributed by atoms with Gasteiger partial charge in [-0.1, -0.05) is 43.8 Å². The SMILES string of the molecule is Cc1nn(C)c(C)c1NC(=O)C(C)Sc1nnc(-c2cccnc2)n1-c1ccccc1C(C)C. The summed E-state index contributed by atoms with van der Waals surface area (Å²) in [6.07, 6.45) is 3.51. The quantitative estimate of drug-likeness (QED) is 0.382. The molecule has 0 saturated carbocycles. The predicted molar refractivity (Wildman–Crippen MR) is 135 cm³/mol. The van der Waals surface area contributed by atoms with Crippen LogP contribution < -0.4 is 5.32 Å². The predicted octanol–water partition coefficient (Wildman–Crippen LogP) is 4.92. The normalized spacial score (nSPS) is 12.2. The van der Waals surface area contributed by atoms with Gasteiger partial charge in [0.25, 0.3) is 0 Å². The molecule has 3 aromatic heterocycles. The third-order valence-corrected chi connectivity index (χ3v) is 6.80. The minimum Gasteiger partial charge on any atom is -0.322 e. The number of hydrogen-bond acceptors (Lipinski definition) is 6. The van der Waals surface area contributed by atoms with E-state index in [1.165, 1.54) is 17.3 Å². The zero-order valence-corrected chi connectivity index (χ0v) is 21.1. The molecule has 1 atom stereocenters. The highest BCUT2D eigenvalue weighted by Crippen LogP contribution is 2.33. The minimum atomic E-state index is -0.407. The van der Waals surface area contributed by atoms with Crippen molar-refractivity contribution in [2.75, 3.05) is 5.32 Å². The second kappa shape index (κ2) is 9.80. The van der Waals surface area contributed by atoms with Crippen LogP contribution in [0, 0.1) is 13.8 Å². The number of rotatable bonds is 7. The molecule has 1 N–H and O–H groups in total. The number of amides is 1. The van der Waals surface area contributed by atoms with Crippen molar-refractivity contribution in [1.29, 1.82) is 0 Å². The Hall–Kier alpha value is -3.46. The van der Waals surface area contributed by atoms with E-state index in [0.29, 0.717) is 16.9 Å². The number of benzene rings is 1. The van der Waals surface area contributed by atoms with Gasteiger partial charge in [-0.05, 0) is 50.5 Å². The highest BCUT2D eigenvalue weighted by Gasteiger charge is 2.24. The second-order valence-electron chi connectivity index (χ2n) is 8.52. The van der Waals surface area contributed by atoms with Gasteiger partial charge in [-0.25, -0.2) is 0 Å². The van der Waals surface area contributed by atoms with Gasteiger partial charge >= 0.3 is 0 Å². The van der Waals surface area contributed by atoms with Crippen LogP contribution in [0.5, 0.6) is 0 Å². The van der Waals surface area contributed by atoms with Gasteiger partial charge in [0.2, 0.25) is 5.91 Å². The van der Waals surface area contributed by atoms with Gasteiger partial charge < -0.3 is 5.32 Å². The first kappa shape index (κ1) is 23.7. The molecule has 0 spiro atoms. The van der Waals surface area contributed by atoms with Gasteiger partial charge in [-0.15, -0.1) is 10.2 Å². The van der Waals surface area contributed by atoms with E-state index in [-0.39, 0.29) is 5.91 Å². The summed E-state index contributed by atoms with van der Waals surface area (Å²) < 4.78 is 3.80. The van der Waals surface area contributed by atoms with E-state index in [1.807, 2.05) is 56.7 Å². The lowest BCUT2D eigenvalue weighted by Gasteiger charge is -2.18. The number of hydrogen-bond donors (Lipinski definition) is 1. The first-order valence-corrected chi connectivity index (χ1v) is 12.1. The molecule has 4 rings (SSSR count). The fourth-order valence-corrected chi connectivity index (χ4v) is 4.68. The number of carbonyl (C=O) groups is 1. The van der Waals surface area contributed by atoms with E-state index in [0.717, 1.165) is 28.3 Å². The van der Waals surface area contributed by atoms with Crippen LogP contribution in [-0.2, 0) is 11.8 Å². The maximum Gasteiger partial charge on any atom is 0.237 e. The lowest BCUT2D eigenvalue weighted by Crippen LogP contribution is -2.23. The molecule has 0 fully saturated rings. The Kier molecular flexibility index (Phi) is 6.83. The van der Waals surface area contributed by atoms with E-state index in [1.54, 1.807) is 17.1 Å². The van der Waals surface area contributed by atoms with E-state index in [2.05, 4.69) is 51.6 Å². The number of nitrogens with zero attached hydrogens (tertiary/aromatic N) is 6. The van der Waals surface area contributed by atoms with Crippen molar-refractivity contribution in [3.63, 3.8) is 0 Å². The van der Waals surface area contributed by atoms with Crippen LogP contribution in [0.2, 0.25) is 0 Å². The third kappa shape index (κ3) is 4.61. The highest BCUT2D eigenvalue weighted by atomic mass is 32.2. The van der Waals surface area contributed by atoms with Crippen LogP contribution in [0.4, 0.5) is 5.69 Å². The summed E-state index contributed by atoms with van der Waals surface area (Å²) in [5, 5.41) is 16.7. The molecular weight excluding hydrogens is 446 g/mol. The van der Waals surface area contributed by atoms with E-state index < -0.39 is 5.25 Å². The Balaban J connectivity index is 1.71. The molecule has 1 amide bonds. The van der Waals surface area contributed by atoms with Gasteiger partial charge in [0, 0.05) is 25.0 Å². The van der Waals surface area contributed by atoms with Crippen molar-refractivity contribution >= 4 is 23.4 Å². The number of aromatic nitrogens is 6. The van der Waals surface area contributed by atoms with E-state index in [4.69, 9.17) is 0 Å². The zero-order chi connectivity index (χ0) is 24.4. The molecular formula is C25H29N7OS. The fraction of sp³-hybridized carbons (Fsp3) is 0.320. The molecule has 0 aliphatic heterocycles. The summed E-state index contributed by atoms with van der Waals surface area (Å²) in [5.74, 6) is 0.879. The molecule has 0 aliphatic carbocycles. The Labute approximate surface area is 203 Å². The van der Waals surface area contributed by atoms with Crippen LogP contribution in [0.1, 0.15) is 43.6 Å². The number of para-hydroxylation sites is 1. The van der Waals surface area contributed by atoms with Crippen LogP contribution >= 0.6 is 11.8 Å². The van der Waals surface area contributed by atoms with Crippen molar-refractivity contribution in [2.24, 2.45) is 7.05 Å². The number of carbonyl (C=O) groups excluding carboxylic acids is 1. The Morgan fingerprint density at radius 1 is 1.06 bits per heavy atom. The summed E-state index contributed by atoms with van der Waals surface area (Å²) in [7, 11) is 1.87. The zero-order valence-electron chi connectivity index (χ0n) is 20.3. The first-order chi connectivity index (χ1) is 16.3. The molecule has 0 aliphatic rings. The summed E-state index contributed by atoms with van der Waals surface area (Å²) >= 11 is 1.38. The molecule has 1 unspecified atom stereocenters. The topological polar surface area (TPSA) is 90.5 Å². The fourth-order valence-electron chi connectivity index (χ4n) is 3.82. The maximum absolute atomic E-state index is 13.1. The average molecular weight is 476 g/mol. The first-order valence-electron chi connectivity index (χ1n) is 11.2. The van der Waals surface area contributed by atoms with Gasteiger partial charge in [-0.3, -0.25) is 19.0 Å². The van der Waals surface area contributed by atoms with Gasteiger partial charge in [0.1, 0.15) is 0 Å². The largest absolute Gasteiger partial charge is 0.322 e. The van der Waals surface area contributed by atoms with E-state index in [9.17, 15) is 4.79 Å². The molecule has 8 nitrogen and oxygen atoms in total. The molecule has 0 radical (unpaired) electrons. The minimum absolute atomic E-state index is 0.112. The summed E-state index contributed by atoms with van der Waals surface area (Å²) in [4.78, 5) is 17.4. The van der Waals surface area contributed by atoms with Gasteiger partial charge in [0.15, 0.2) is 11.0 Å². The number of nitrogens with one attached hydrogen (secondary N) is 1. The number of thioether (sulfide) groups is 1. The molecule has 4 aromatic rings. The molecule has 0 bridgehead atoms. The summed E-state index contributed by atoms with van der Waals surface area (Å²) in [5.41, 5.74) is 5.49. The smallest absolute Gasteiger partial charge is 0.237 e. The van der Waals surface area contributed by atoms with Crippen LogP contribution in [0.25, 0.3) is 17.1 Å². The van der Waals surface area contributed by atoms with Crippen LogP contribution in [-0.4, -0.2) is 40.7 Å².